The van der Waals surface area contributed by atoms with Crippen molar-refractivity contribution in [3.8, 4) is 0 Å². The van der Waals surface area contributed by atoms with Gasteiger partial charge in [0.05, 0.1) is 19.4 Å². The minimum atomic E-state index is -0.860. The Kier molecular flexibility index (Phi) is 6.00. The number of nitrogens with one attached hydrogen (secondary N) is 2. The lowest BCUT2D eigenvalue weighted by Gasteiger charge is -2.12. The number of hydrogen-bond donors (Lipinski definition) is 3. The van der Waals surface area contributed by atoms with Gasteiger partial charge >= 0.3 is 6.03 Å². The molecule has 0 radical (unpaired) electrons. The van der Waals surface area contributed by atoms with Crippen molar-refractivity contribution in [2.75, 3.05) is 13.7 Å². The second-order valence-electron chi connectivity index (χ2n) is 4.80. The first-order chi connectivity index (χ1) is 10.7. The maximum Gasteiger partial charge on any atom is 0.315 e. The van der Waals surface area contributed by atoms with E-state index in [1.165, 1.54) is 6.26 Å². The predicted octanol–water partition coefficient (Wildman–Crippen LogP) is 1.96. The van der Waals surface area contributed by atoms with Gasteiger partial charge in [0.25, 0.3) is 0 Å². The van der Waals surface area contributed by atoms with Crippen molar-refractivity contribution in [3.63, 3.8) is 0 Å². The molecule has 1 aromatic heterocycles. The summed E-state index contributed by atoms with van der Waals surface area (Å²) in [7, 11) is 1.63. The summed E-state index contributed by atoms with van der Waals surface area (Å²) in [4.78, 5) is 11.8. The topological polar surface area (TPSA) is 83.7 Å². The van der Waals surface area contributed by atoms with Crippen LogP contribution in [0.15, 0.2) is 47.1 Å². The van der Waals surface area contributed by atoms with Gasteiger partial charge in [-0.05, 0) is 23.3 Å². The molecule has 6 nitrogen and oxygen atoms in total. The zero-order valence-corrected chi connectivity index (χ0v) is 12.4. The van der Waals surface area contributed by atoms with Gasteiger partial charge in [0.1, 0.15) is 11.9 Å². The van der Waals surface area contributed by atoms with E-state index in [-0.39, 0.29) is 12.6 Å². The fraction of sp³-hybridized carbons (Fsp3) is 0.312. The summed E-state index contributed by atoms with van der Waals surface area (Å²) in [6.07, 6.45) is 0.618. The third-order valence-electron chi connectivity index (χ3n) is 3.19. The predicted molar refractivity (Wildman–Crippen MR) is 81.1 cm³/mol. The number of benzene rings is 1. The number of aliphatic hydroxyl groups is 1. The number of amides is 2. The van der Waals surface area contributed by atoms with Crippen molar-refractivity contribution in [2.24, 2.45) is 0 Å². The number of urea groups is 1. The average Bonchev–Trinajstić information content (AvgIpc) is 3.06. The van der Waals surface area contributed by atoms with Gasteiger partial charge < -0.3 is 24.9 Å². The summed E-state index contributed by atoms with van der Waals surface area (Å²) in [5.74, 6) is 0.422. The van der Waals surface area contributed by atoms with E-state index in [1.54, 1.807) is 19.2 Å². The van der Waals surface area contributed by atoms with E-state index in [0.29, 0.717) is 18.9 Å². The highest BCUT2D eigenvalue weighted by molar-refractivity contribution is 5.73. The molecule has 0 aliphatic carbocycles. The van der Waals surface area contributed by atoms with Gasteiger partial charge in [-0.2, -0.15) is 0 Å². The van der Waals surface area contributed by atoms with Gasteiger partial charge in [-0.25, -0.2) is 4.79 Å². The molecule has 0 aliphatic rings. The van der Waals surface area contributed by atoms with Crippen LogP contribution in [0.5, 0.6) is 0 Å². The fourth-order valence-electron chi connectivity index (χ4n) is 2.04. The third kappa shape index (κ3) is 4.61. The Balaban J connectivity index is 1.78. The van der Waals surface area contributed by atoms with Crippen LogP contribution in [0.25, 0.3) is 0 Å². The number of furan rings is 1. The van der Waals surface area contributed by atoms with Crippen molar-refractivity contribution < 1.29 is 19.1 Å². The molecule has 0 saturated heterocycles. The molecule has 1 heterocycles. The first-order valence-corrected chi connectivity index (χ1v) is 6.99. The molecule has 1 atom stereocenters. The number of hydrogen-bond acceptors (Lipinski definition) is 4. The van der Waals surface area contributed by atoms with Crippen LogP contribution in [-0.4, -0.2) is 24.8 Å². The molecule has 2 aromatic rings. The lowest BCUT2D eigenvalue weighted by molar-refractivity contribution is 0.148. The van der Waals surface area contributed by atoms with Crippen LogP contribution in [0.2, 0.25) is 0 Å². The SMILES string of the molecule is COCc1ccccc1CNC(=O)NCC(O)c1ccco1. The lowest BCUT2D eigenvalue weighted by Crippen LogP contribution is -2.37. The molecule has 0 saturated carbocycles. The van der Waals surface area contributed by atoms with Crippen LogP contribution in [-0.2, 0) is 17.9 Å². The van der Waals surface area contributed by atoms with Gasteiger partial charge in [0.15, 0.2) is 0 Å². The Bertz CT molecular complexity index is 584. The number of carbonyl (C=O) groups is 1. The highest BCUT2D eigenvalue weighted by atomic mass is 16.5. The van der Waals surface area contributed by atoms with E-state index in [4.69, 9.17) is 9.15 Å². The quantitative estimate of drug-likeness (QED) is 0.730. The van der Waals surface area contributed by atoms with E-state index in [1.807, 2.05) is 24.3 Å². The number of ether oxygens (including phenoxy) is 1. The second-order valence-corrected chi connectivity index (χ2v) is 4.80. The maximum absolute atomic E-state index is 11.8. The summed E-state index contributed by atoms with van der Waals surface area (Å²) >= 11 is 0. The highest BCUT2D eigenvalue weighted by Gasteiger charge is 2.11. The Morgan fingerprint density at radius 3 is 2.68 bits per heavy atom. The molecule has 0 spiro atoms. The van der Waals surface area contributed by atoms with Crippen LogP contribution in [0, 0.1) is 0 Å². The smallest absolute Gasteiger partial charge is 0.315 e. The molecular weight excluding hydrogens is 284 g/mol. The van der Waals surface area contributed by atoms with E-state index in [2.05, 4.69) is 10.6 Å². The molecule has 0 bridgehead atoms. The Labute approximate surface area is 129 Å². The standard InChI is InChI=1S/C16H20N2O4/c1-21-11-13-6-3-2-5-12(13)9-17-16(20)18-10-14(19)15-7-4-8-22-15/h2-8,14,19H,9-11H2,1H3,(H2,17,18,20). The van der Waals surface area contributed by atoms with Gasteiger partial charge in [-0.3, -0.25) is 0 Å². The summed E-state index contributed by atoms with van der Waals surface area (Å²) in [6.45, 7) is 0.970. The highest BCUT2D eigenvalue weighted by Crippen LogP contribution is 2.12. The summed E-state index contributed by atoms with van der Waals surface area (Å²) in [5.41, 5.74) is 2.02. The zero-order valence-electron chi connectivity index (χ0n) is 12.4. The number of aliphatic hydroxyl groups excluding tert-OH is 1. The Morgan fingerprint density at radius 1 is 1.23 bits per heavy atom. The molecular formula is C16H20N2O4. The van der Waals surface area contributed by atoms with Crippen LogP contribution in [0.3, 0.4) is 0 Å². The Morgan fingerprint density at radius 2 is 2.00 bits per heavy atom. The molecule has 22 heavy (non-hydrogen) atoms. The second kappa shape index (κ2) is 8.21. The molecule has 1 unspecified atom stereocenters. The third-order valence-corrected chi connectivity index (χ3v) is 3.19. The van der Waals surface area contributed by atoms with Crippen molar-refractivity contribution in [1.82, 2.24) is 10.6 Å². The van der Waals surface area contributed by atoms with Crippen molar-refractivity contribution in [1.29, 1.82) is 0 Å². The average molecular weight is 304 g/mol. The summed E-state index contributed by atoms with van der Waals surface area (Å²) in [6, 6.07) is 10.7. The van der Waals surface area contributed by atoms with Gasteiger partial charge in [0, 0.05) is 13.7 Å². The van der Waals surface area contributed by atoms with E-state index in [9.17, 15) is 9.90 Å². The molecule has 118 valence electrons. The van der Waals surface area contributed by atoms with E-state index < -0.39 is 6.10 Å². The number of methoxy groups -OCH3 is 1. The van der Waals surface area contributed by atoms with E-state index >= 15 is 0 Å². The largest absolute Gasteiger partial charge is 0.467 e. The van der Waals surface area contributed by atoms with Gasteiger partial charge in [-0.1, -0.05) is 24.3 Å². The lowest BCUT2D eigenvalue weighted by atomic mass is 10.1. The van der Waals surface area contributed by atoms with Crippen molar-refractivity contribution in [3.05, 3.63) is 59.5 Å². The Hall–Kier alpha value is -2.31. The molecule has 2 amide bonds. The zero-order chi connectivity index (χ0) is 15.8. The van der Waals surface area contributed by atoms with Crippen LogP contribution in [0.1, 0.15) is 23.0 Å². The van der Waals surface area contributed by atoms with Crippen molar-refractivity contribution in [2.45, 2.75) is 19.3 Å². The van der Waals surface area contributed by atoms with Gasteiger partial charge in [0.2, 0.25) is 0 Å². The fourth-order valence-corrected chi connectivity index (χ4v) is 2.04. The molecule has 0 aliphatic heterocycles. The van der Waals surface area contributed by atoms with Crippen molar-refractivity contribution >= 4 is 6.03 Å². The van der Waals surface area contributed by atoms with E-state index in [0.717, 1.165) is 11.1 Å². The summed E-state index contributed by atoms with van der Waals surface area (Å²) < 4.78 is 10.2. The minimum absolute atomic E-state index is 0.0824. The number of carbonyl (C=O) groups excluding carboxylic acids is 1. The van der Waals surface area contributed by atoms with Crippen LogP contribution in [0.4, 0.5) is 4.79 Å². The normalized spacial score (nSPS) is 11.9. The van der Waals surface area contributed by atoms with Gasteiger partial charge in [-0.15, -0.1) is 0 Å². The first kappa shape index (κ1) is 16.1. The molecule has 2 rings (SSSR count). The van der Waals surface area contributed by atoms with Crippen LogP contribution < -0.4 is 10.6 Å². The monoisotopic (exact) mass is 304 g/mol. The van der Waals surface area contributed by atoms with Crippen LogP contribution >= 0.6 is 0 Å². The molecule has 0 fully saturated rings. The molecule has 6 heteroatoms. The minimum Gasteiger partial charge on any atom is -0.467 e. The first-order valence-electron chi connectivity index (χ1n) is 6.99. The molecule has 3 N–H and O–H groups in total. The number of rotatable bonds is 7. The molecule has 1 aromatic carbocycles. The summed E-state index contributed by atoms with van der Waals surface area (Å²) in [5, 5.41) is 15.2. The maximum atomic E-state index is 11.8.